The summed E-state index contributed by atoms with van der Waals surface area (Å²) >= 11 is 1.66. The molecule has 2 aromatic rings. The largest absolute Gasteiger partial charge is 0.494 e. The van der Waals surface area contributed by atoms with Crippen molar-refractivity contribution in [2.75, 3.05) is 7.11 Å². The highest BCUT2D eigenvalue weighted by Gasteiger charge is 2.16. The Kier molecular flexibility index (Phi) is 3.96. The standard InChI is InChI=1S/C13H15FN2OS/c1-8-3-6-12(18-8)13(16-15)9-4-5-10(14)11(7-9)17-2/h3-7,13,16H,15H2,1-2H3. The summed E-state index contributed by atoms with van der Waals surface area (Å²) in [4.78, 5) is 2.29. The molecule has 1 atom stereocenters. The minimum atomic E-state index is -0.376. The van der Waals surface area contributed by atoms with Crippen molar-refractivity contribution in [3.63, 3.8) is 0 Å². The first-order valence-corrected chi connectivity index (χ1v) is 6.33. The van der Waals surface area contributed by atoms with Crippen LogP contribution in [0.5, 0.6) is 5.75 Å². The summed E-state index contributed by atoms with van der Waals surface area (Å²) in [6, 6.07) is 8.65. The van der Waals surface area contributed by atoms with Gasteiger partial charge in [-0.1, -0.05) is 6.07 Å². The fraction of sp³-hybridized carbons (Fsp3) is 0.231. The number of hydrogen-bond donors (Lipinski definition) is 2. The summed E-state index contributed by atoms with van der Waals surface area (Å²) in [6.07, 6.45) is 0. The lowest BCUT2D eigenvalue weighted by Crippen LogP contribution is -2.28. The number of nitrogens with two attached hydrogens (primary N) is 1. The number of rotatable bonds is 4. The van der Waals surface area contributed by atoms with Gasteiger partial charge in [-0.15, -0.1) is 11.3 Å². The van der Waals surface area contributed by atoms with Crippen molar-refractivity contribution < 1.29 is 9.13 Å². The van der Waals surface area contributed by atoms with Crippen LogP contribution in [0, 0.1) is 12.7 Å². The van der Waals surface area contributed by atoms with Crippen LogP contribution in [0.1, 0.15) is 21.4 Å². The van der Waals surface area contributed by atoms with Crippen LogP contribution in [0.2, 0.25) is 0 Å². The van der Waals surface area contributed by atoms with Crippen LogP contribution in [-0.4, -0.2) is 7.11 Å². The molecule has 1 unspecified atom stereocenters. The van der Waals surface area contributed by atoms with Gasteiger partial charge in [0.2, 0.25) is 0 Å². The molecule has 18 heavy (non-hydrogen) atoms. The van der Waals surface area contributed by atoms with E-state index in [0.29, 0.717) is 0 Å². The summed E-state index contributed by atoms with van der Waals surface area (Å²) in [5.74, 6) is 5.45. The van der Waals surface area contributed by atoms with Gasteiger partial charge in [-0.2, -0.15) is 0 Å². The second-order valence-corrected chi connectivity index (χ2v) is 5.26. The van der Waals surface area contributed by atoms with Gasteiger partial charge in [0.25, 0.3) is 0 Å². The molecule has 3 nitrogen and oxygen atoms in total. The molecule has 2 rings (SSSR count). The van der Waals surface area contributed by atoms with Crippen LogP contribution in [-0.2, 0) is 0 Å². The van der Waals surface area contributed by atoms with Gasteiger partial charge in [0.05, 0.1) is 13.2 Å². The number of hydrogen-bond acceptors (Lipinski definition) is 4. The molecule has 0 aliphatic heterocycles. The summed E-state index contributed by atoms with van der Waals surface area (Å²) in [7, 11) is 1.45. The Hall–Kier alpha value is -1.43. The third-order valence-electron chi connectivity index (χ3n) is 2.72. The Balaban J connectivity index is 2.38. The number of ether oxygens (including phenoxy) is 1. The molecule has 3 N–H and O–H groups in total. The van der Waals surface area contributed by atoms with Crippen molar-refractivity contribution in [1.82, 2.24) is 5.43 Å². The van der Waals surface area contributed by atoms with Crippen molar-refractivity contribution in [2.24, 2.45) is 5.84 Å². The number of hydrazine groups is 1. The van der Waals surface area contributed by atoms with E-state index < -0.39 is 0 Å². The molecule has 0 radical (unpaired) electrons. The number of thiophene rings is 1. The molecule has 0 amide bonds. The summed E-state index contributed by atoms with van der Waals surface area (Å²) in [5.41, 5.74) is 3.62. The minimum absolute atomic E-state index is 0.154. The number of halogens is 1. The van der Waals surface area contributed by atoms with Crippen LogP contribution >= 0.6 is 11.3 Å². The predicted molar refractivity (Wildman–Crippen MR) is 71.2 cm³/mol. The molecule has 1 aromatic carbocycles. The fourth-order valence-corrected chi connectivity index (χ4v) is 2.77. The van der Waals surface area contributed by atoms with E-state index in [9.17, 15) is 4.39 Å². The van der Waals surface area contributed by atoms with Crippen molar-refractivity contribution in [3.05, 3.63) is 51.5 Å². The highest BCUT2D eigenvalue weighted by molar-refractivity contribution is 7.12. The quantitative estimate of drug-likeness (QED) is 0.661. The lowest BCUT2D eigenvalue weighted by atomic mass is 10.1. The normalized spacial score (nSPS) is 12.4. The van der Waals surface area contributed by atoms with Gasteiger partial charge in [-0.05, 0) is 36.8 Å². The van der Waals surface area contributed by atoms with Crippen LogP contribution in [0.25, 0.3) is 0 Å². The molecule has 1 heterocycles. The Morgan fingerprint density at radius 2 is 2.11 bits per heavy atom. The Labute approximate surface area is 109 Å². The highest BCUT2D eigenvalue weighted by Crippen LogP contribution is 2.30. The maximum atomic E-state index is 13.4. The predicted octanol–water partition coefficient (Wildman–Crippen LogP) is 2.76. The molecular formula is C13H15FN2OS. The molecular weight excluding hydrogens is 251 g/mol. The van der Waals surface area contributed by atoms with E-state index in [0.717, 1.165) is 10.4 Å². The van der Waals surface area contributed by atoms with Crippen LogP contribution in [0.4, 0.5) is 4.39 Å². The molecule has 0 aliphatic carbocycles. The second kappa shape index (κ2) is 5.48. The van der Waals surface area contributed by atoms with E-state index in [1.807, 2.05) is 19.1 Å². The summed E-state index contributed by atoms with van der Waals surface area (Å²) in [6.45, 7) is 2.03. The first kappa shape index (κ1) is 13.0. The first-order chi connectivity index (χ1) is 8.65. The smallest absolute Gasteiger partial charge is 0.165 e. The van der Waals surface area contributed by atoms with Gasteiger partial charge < -0.3 is 4.74 Å². The zero-order valence-corrected chi connectivity index (χ0v) is 11.1. The summed E-state index contributed by atoms with van der Waals surface area (Å²) < 4.78 is 18.4. The van der Waals surface area contributed by atoms with Crippen LogP contribution < -0.4 is 16.0 Å². The third-order valence-corrected chi connectivity index (χ3v) is 3.79. The van der Waals surface area contributed by atoms with Crippen molar-refractivity contribution in [3.8, 4) is 5.75 Å². The van der Waals surface area contributed by atoms with Gasteiger partial charge >= 0.3 is 0 Å². The molecule has 0 saturated heterocycles. The average molecular weight is 266 g/mol. The van der Waals surface area contributed by atoms with E-state index in [1.165, 1.54) is 18.1 Å². The average Bonchev–Trinajstić information content (AvgIpc) is 2.79. The highest BCUT2D eigenvalue weighted by atomic mass is 32.1. The second-order valence-electron chi connectivity index (χ2n) is 3.94. The number of benzene rings is 1. The maximum Gasteiger partial charge on any atom is 0.165 e. The Morgan fingerprint density at radius 1 is 1.33 bits per heavy atom. The Bertz CT molecular complexity index is 542. The van der Waals surface area contributed by atoms with Gasteiger partial charge in [0.15, 0.2) is 11.6 Å². The van der Waals surface area contributed by atoms with Crippen molar-refractivity contribution in [2.45, 2.75) is 13.0 Å². The Morgan fingerprint density at radius 3 is 2.67 bits per heavy atom. The SMILES string of the molecule is COc1cc(C(NN)c2ccc(C)s2)ccc1F. The molecule has 0 saturated carbocycles. The molecule has 96 valence electrons. The summed E-state index contributed by atoms with van der Waals surface area (Å²) in [5, 5.41) is 0. The van der Waals surface area contributed by atoms with Gasteiger partial charge in [-0.3, -0.25) is 5.84 Å². The zero-order valence-electron chi connectivity index (χ0n) is 10.2. The number of aryl methyl sites for hydroxylation is 1. The monoisotopic (exact) mass is 266 g/mol. The molecule has 0 fully saturated rings. The van der Waals surface area contributed by atoms with E-state index in [1.54, 1.807) is 23.5 Å². The van der Waals surface area contributed by atoms with Crippen molar-refractivity contribution >= 4 is 11.3 Å². The lowest BCUT2D eigenvalue weighted by Gasteiger charge is -2.15. The topological polar surface area (TPSA) is 47.3 Å². The lowest BCUT2D eigenvalue weighted by molar-refractivity contribution is 0.385. The van der Waals surface area contributed by atoms with E-state index in [-0.39, 0.29) is 17.6 Å². The number of methoxy groups -OCH3 is 1. The van der Waals surface area contributed by atoms with Gasteiger partial charge in [0.1, 0.15) is 0 Å². The number of nitrogens with one attached hydrogen (secondary N) is 1. The molecule has 0 spiro atoms. The van der Waals surface area contributed by atoms with E-state index in [2.05, 4.69) is 5.43 Å². The molecule has 5 heteroatoms. The molecule has 0 aliphatic rings. The first-order valence-electron chi connectivity index (χ1n) is 5.51. The zero-order chi connectivity index (χ0) is 13.1. The maximum absolute atomic E-state index is 13.4. The van der Waals surface area contributed by atoms with E-state index >= 15 is 0 Å². The van der Waals surface area contributed by atoms with Gasteiger partial charge in [-0.25, -0.2) is 9.82 Å². The molecule has 0 bridgehead atoms. The fourth-order valence-electron chi connectivity index (χ4n) is 1.81. The molecule has 1 aromatic heterocycles. The van der Waals surface area contributed by atoms with Gasteiger partial charge in [0, 0.05) is 9.75 Å². The minimum Gasteiger partial charge on any atom is -0.494 e. The van der Waals surface area contributed by atoms with Crippen LogP contribution in [0.3, 0.4) is 0 Å². The van der Waals surface area contributed by atoms with Crippen molar-refractivity contribution in [1.29, 1.82) is 0 Å². The third kappa shape index (κ3) is 2.53. The van der Waals surface area contributed by atoms with E-state index in [4.69, 9.17) is 10.6 Å². The van der Waals surface area contributed by atoms with Crippen LogP contribution in [0.15, 0.2) is 30.3 Å².